The van der Waals surface area contributed by atoms with E-state index in [1.54, 1.807) is 24.3 Å². The van der Waals surface area contributed by atoms with Crippen molar-refractivity contribution >= 4 is 28.5 Å². The van der Waals surface area contributed by atoms with Crippen LogP contribution in [0.1, 0.15) is 15.9 Å². The molecule has 0 aliphatic rings. The maximum atomic E-state index is 12.1. The standard InChI is InChI=1S/C18H16N2O3/c1-23-18(22)14-4-6-15(7-5-14)20-17(21)11-12-2-3-13-8-9-19-16(13)10-12/h2-10,19H,11H2,1H3,(H,20,21). The van der Waals surface area contributed by atoms with Gasteiger partial charge in [0.05, 0.1) is 19.1 Å². The Labute approximate surface area is 133 Å². The van der Waals surface area contributed by atoms with Crippen molar-refractivity contribution in [1.29, 1.82) is 0 Å². The van der Waals surface area contributed by atoms with Crippen molar-refractivity contribution < 1.29 is 14.3 Å². The summed E-state index contributed by atoms with van der Waals surface area (Å²) in [5.41, 5.74) is 3.03. The zero-order chi connectivity index (χ0) is 16.2. The molecule has 0 spiro atoms. The van der Waals surface area contributed by atoms with Crippen molar-refractivity contribution in [1.82, 2.24) is 4.98 Å². The number of esters is 1. The third kappa shape index (κ3) is 3.40. The first kappa shape index (κ1) is 14.8. The molecule has 0 atom stereocenters. The molecule has 0 saturated carbocycles. The predicted molar refractivity (Wildman–Crippen MR) is 88.4 cm³/mol. The van der Waals surface area contributed by atoms with E-state index < -0.39 is 5.97 Å². The number of ether oxygens (including phenoxy) is 1. The Bertz CT molecular complexity index is 850. The number of carbonyl (C=O) groups is 2. The summed E-state index contributed by atoms with van der Waals surface area (Å²) in [6, 6.07) is 14.5. The molecule has 2 aromatic carbocycles. The molecule has 3 rings (SSSR count). The number of aromatic amines is 1. The summed E-state index contributed by atoms with van der Waals surface area (Å²) >= 11 is 0. The van der Waals surface area contributed by atoms with Gasteiger partial charge in [0.25, 0.3) is 0 Å². The van der Waals surface area contributed by atoms with E-state index in [1.807, 2.05) is 30.5 Å². The van der Waals surface area contributed by atoms with Gasteiger partial charge >= 0.3 is 5.97 Å². The normalized spacial score (nSPS) is 10.5. The van der Waals surface area contributed by atoms with Crippen LogP contribution in [-0.4, -0.2) is 24.0 Å². The maximum Gasteiger partial charge on any atom is 0.337 e. The largest absolute Gasteiger partial charge is 0.465 e. The minimum Gasteiger partial charge on any atom is -0.465 e. The average Bonchev–Trinajstić information content (AvgIpc) is 3.02. The number of fused-ring (bicyclic) bond motifs is 1. The van der Waals surface area contributed by atoms with Gasteiger partial charge < -0.3 is 15.0 Å². The number of nitrogens with one attached hydrogen (secondary N) is 2. The van der Waals surface area contributed by atoms with Crippen molar-refractivity contribution in [2.75, 3.05) is 12.4 Å². The van der Waals surface area contributed by atoms with Crippen LogP contribution in [0.4, 0.5) is 5.69 Å². The summed E-state index contributed by atoms with van der Waals surface area (Å²) in [6.07, 6.45) is 2.16. The monoisotopic (exact) mass is 308 g/mol. The number of benzene rings is 2. The Hall–Kier alpha value is -3.08. The van der Waals surface area contributed by atoms with Gasteiger partial charge in [-0.1, -0.05) is 12.1 Å². The van der Waals surface area contributed by atoms with Crippen LogP contribution in [0.15, 0.2) is 54.7 Å². The van der Waals surface area contributed by atoms with Gasteiger partial charge in [0, 0.05) is 17.4 Å². The Kier molecular flexibility index (Phi) is 4.10. The van der Waals surface area contributed by atoms with Gasteiger partial charge in [-0.05, 0) is 47.3 Å². The van der Waals surface area contributed by atoms with E-state index in [9.17, 15) is 9.59 Å². The van der Waals surface area contributed by atoms with E-state index in [2.05, 4.69) is 15.0 Å². The topological polar surface area (TPSA) is 71.2 Å². The number of aromatic nitrogens is 1. The summed E-state index contributed by atoms with van der Waals surface area (Å²) in [6.45, 7) is 0. The zero-order valence-electron chi connectivity index (χ0n) is 12.6. The number of hydrogen-bond acceptors (Lipinski definition) is 3. The van der Waals surface area contributed by atoms with Crippen LogP contribution < -0.4 is 5.32 Å². The summed E-state index contributed by atoms with van der Waals surface area (Å²) < 4.78 is 4.64. The van der Waals surface area contributed by atoms with Crippen molar-refractivity contribution in [3.05, 3.63) is 65.9 Å². The first-order valence-electron chi connectivity index (χ1n) is 7.20. The molecule has 0 radical (unpaired) electrons. The van der Waals surface area contributed by atoms with E-state index in [1.165, 1.54) is 7.11 Å². The number of anilines is 1. The first-order valence-corrected chi connectivity index (χ1v) is 7.20. The van der Waals surface area contributed by atoms with Crippen LogP contribution in [0, 0.1) is 0 Å². The van der Waals surface area contributed by atoms with Crippen molar-refractivity contribution in [3.8, 4) is 0 Å². The lowest BCUT2D eigenvalue weighted by molar-refractivity contribution is -0.115. The fourth-order valence-corrected chi connectivity index (χ4v) is 2.40. The van der Waals surface area contributed by atoms with Crippen molar-refractivity contribution in [2.45, 2.75) is 6.42 Å². The third-order valence-electron chi connectivity index (χ3n) is 3.57. The highest BCUT2D eigenvalue weighted by molar-refractivity contribution is 5.94. The number of hydrogen-bond donors (Lipinski definition) is 2. The first-order chi connectivity index (χ1) is 11.2. The summed E-state index contributed by atoms with van der Waals surface area (Å²) in [5.74, 6) is -0.510. The van der Waals surface area contributed by atoms with E-state index in [0.717, 1.165) is 16.5 Å². The van der Waals surface area contributed by atoms with Crippen LogP contribution in [0.2, 0.25) is 0 Å². The van der Waals surface area contributed by atoms with Gasteiger partial charge in [0.15, 0.2) is 0 Å². The number of carbonyl (C=O) groups excluding carboxylic acids is 2. The van der Waals surface area contributed by atoms with Gasteiger partial charge in [-0.15, -0.1) is 0 Å². The summed E-state index contributed by atoms with van der Waals surface area (Å²) in [7, 11) is 1.33. The van der Waals surface area contributed by atoms with Crippen LogP contribution in [-0.2, 0) is 16.0 Å². The van der Waals surface area contributed by atoms with E-state index in [-0.39, 0.29) is 12.3 Å². The maximum absolute atomic E-state index is 12.1. The second kappa shape index (κ2) is 6.36. The van der Waals surface area contributed by atoms with Crippen molar-refractivity contribution in [3.63, 3.8) is 0 Å². The van der Waals surface area contributed by atoms with E-state index in [0.29, 0.717) is 11.3 Å². The molecule has 0 unspecified atom stereocenters. The molecule has 0 aliphatic carbocycles. The Morgan fingerprint density at radius 3 is 2.61 bits per heavy atom. The molecule has 5 heteroatoms. The molecule has 5 nitrogen and oxygen atoms in total. The molecule has 2 N–H and O–H groups in total. The minimum atomic E-state index is -0.401. The molecule has 23 heavy (non-hydrogen) atoms. The molecule has 0 fully saturated rings. The second-order valence-corrected chi connectivity index (χ2v) is 5.19. The molecule has 116 valence electrons. The van der Waals surface area contributed by atoms with E-state index in [4.69, 9.17) is 0 Å². The van der Waals surface area contributed by atoms with Gasteiger partial charge in [0.1, 0.15) is 0 Å². The van der Waals surface area contributed by atoms with E-state index >= 15 is 0 Å². The number of methoxy groups -OCH3 is 1. The van der Waals surface area contributed by atoms with Gasteiger partial charge in [-0.2, -0.15) is 0 Å². The number of amides is 1. The highest BCUT2D eigenvalue weighted by Crippen LogP contribution is 2.15. The predicted octanol–water partition coefficient (Wildman–Crippen LogP) is 3.14. The summed E-state index contributed by atoms with van der Waals surface area (Å²) in [4.78, 5) is 26.6. The Morgan fingerprint density at radius 1 is 1.09 bits per heavy atom. The van der Waals surface area contributed by atoms with Crippen LogP contribution in [0.3, 0.4) is 0 Å². The fraction of sp³-hybridized carbons (Fsp3) is 0.111. The molecule has 0 saturated heterocycles. The zero-order valence-corrected chi connectivity index (χ0v) is 12.6. The lowest BCUT2D eigenvalue weighted by Gasteiger charge is -2.06. The van der Waals surface area contributed by atoms with Crippen LogP contribution in [0.5, 0.6) is 0 Å². The quantitative estimate of drug-likeness (QED) is 0.727. The highest BCUT2D eigenvalue weighted by atomic mass is 16.5. The molecule has 3 aromatic rings. The molecular formula is C18H16N2O3. The minimum absolute atomic E-state index is 0.110. The number of rotatable bonds is 4. The Balaban J connectivity index is 1.65. The molecule has 0 aliphatic heterocycles. The third-order valence-corrected chi connectivity index (χ3v) is 3.57. The van der Waals surface area contributed by atoms with Crippen LogP contribution >= 0.6 is 0 Å². The van der Waals surface area contributed by atoms with Crippen molar-refractivity contribution in [2.24, 2.45) is 0 Å². The molecule has 1 aromatic heterocycles. The molecule has 1 amide bonds. The van der Waals surface area contributed by atoms with Gasteiger partial charge in [-0.3, -0.25) is 4.79 Å². The van der Waals surface area contributed by atoms with Gasteiger partial charge in [0.2, 0.25) is 5.91 Å². The molecule has 0 bridgehead atoms. The smallest absolute Gasteiger partial charge is 0.337 e. The fourth-order valence-electron chi connectivity index (χ4n) is 2.40. The lowest BCUT2D eigenvalue weighted by Crippen LogP contribution is -2.14. The van der Waals surface area contributed by atoms with Crippen LogP contribution in [0.25, 0.3) is 10.9 Å². The molecular weight excluding hydrogens is 292 g/mol. The average molecular weight is 308 g/mol. The lowest BCUT2D eigenvalue weighted by atomic mass is 10.1. The summed E-state index contributed by atoms with van der Waals surface area (Å²) in [5, 5.41) is 3.93. The highest BCUT2D eigenvalue weighted by Gasteiger charge is 2.07. The Morgan fingerprint density at radius 2 is 1.87 bits per heavy atom. The van der Waals surface area contributed by atoms with Gasteiger partial charge in [-0.25, -0.2) is 4.79 Å². The molecule has 1 heterocycles. The SMILES string of the molecule is COC(=O)c1ccc(NC(=O)Cc2ccc3cc[nH]c3c2)cc1. The second-order valence-electron chi connectivity index (χ2n) is 5.19. The number of H-pyrrole nitrogens is 1.